The highest BCUT2D eigenvalue weighted by molar-refractivity contribution is 4.72. The Morgan fingerprint density at radius 2 is 2.18 bits per heavy atom. The van der Waals surface area contributed by atoms with Crippen LogP contribution in [0.1, 0.15) is 26.2 Å². The molecule has 0 saturated heterocycles. The van der Waals surface area contributed by atoms with Crippen molar-refractivity contribution in [3.63, 3.8) is 0 Å². The number of nitrogens with zero attached hydrogens (tertiary/aromatic N) is 1. The van der Waals surface area contributed by atoms with Gasteiger partial charge in [-0.2, -0.15) is 0 Å². The van der Waals surface area contributed by atoms with Crippen LogP contribution in [0.15, 0.2) is 0 Å². The lowest BCUT2D eigenvalue weighted by atomic mass is 9.85. The normalized spacial score (nSPS) is 21.8. The van der Waals surface area contributed by atoms with E-state index in [1.807, 2.05) is 6.92 Å². The molecule has 1 atom stereocenters. The fourth-order valence-electron chi connectivity index (χ4n) is 1.64. The number of aliphatic hydroxyl groups is 1. The van der Waals surface area contributed by atoms with Crippen molar-refractivity contribution < 1.29 is 5.11 Å². The first kappa shape index (κ1) is 9.01. The topological polar surface area (TPSA) is 23.5 Å². The number of likely N-dealkylation sites (N-methyl/N-ethyl adjacent to an activating group) is 1. The smallest absolute Gasteiger partial charge is 0.0638 e. The standard InChI is InChI=1S/C9H19NO/c1-8(11)6-10(2)7-9-4-3-5-9/h8-9,11H,3-7H2,1-2H3. The third-order valence-corrected chi connectivity index (χ3v) is 2.37. The van der Waals surface area contributed by atoms with Crippen molar-refractivity contribution in [3.8, 4) is 0 Å². The summed E-state index contributed by atoms with van der Waals surface area (Å²) in [6.07, 6.45) is 4.02. The number of rotatable bonds is 4. The quantitative estimate of drug-likeness (QED) is 0.660. The zero-order valence-electron chi connectivity index (χ0n) is 7.58. The SMILES string of the molecule is CC(O)CN(C)CC1CCC1. The maximum Gasteiger partial charge on any atom is 0.0638 e. The minimum atomic E-state index is -0.180. The van der Waals surface area contributed by atoms with Gasteiger partial charge < -0.3 is 10.0 Å². The first-order valence-electron chi connectivity index (χ1n) is 4.55. The van der Waals surface area contributed by atoms with E-state index in [2.05, 4.69) is 11.9 Å². The van der Waals surface area contributed by atoms with Gasteiger partial charge in [0.15, 0.2) is 0 Å². The molecule has 11 heavy (non-hydrogen) atoms. The average Bonchev–Trinajstić information content (AvgIpc) is 1.77. The summed E-state index contributed by atoms with van der Waals surface area (Å²) >= 11 is 0. The van der Waals surface area contributed by atoms with Gasteiger partial charge in [0, 0.05) is 13.1 Å². The van der Waals surface area contributed by atoms with Gasteiger partial charge in [0.1, 0.15) is 0 Å². The Balaban J connectivity index is 2.04. The molecule has 0 radical (unpaired) electrons. The molecule has 0 bridgehead atoms. The molecule has 0 aromatic heterocycles. The summed E-state index contributed by atoms with van der Waals surface area (Å²) in [6.45, 7) is 3.83. The first-order valence-corrected chi connectivity index (χ1v) is 4.55. The van der Waals surface area contributed by atoms with E-state index in [-0.39, 0.29) is 6.10 Å². The number of hydrogen-bond donors (Lipinski definition) is 1. The zero-order chi connectivity index (χ0) is 8.27. The summed E-state index contributed by atoms with van der Waals surface area (Å²) in [5.74, 6) is 0.916. The molecule has 1 aliphatic carbocycles. The van der Waals surface area contributed by atoms with Crippen LogP contribution >= 0.6 is 0 Å². The minimum Gasteiger partial charge on any atom is -0.392 e. The van der Waals surface area contributed by atoms with Gasteiger partial charge in [0.05, 0.1) is 6.10 Å². The summed E-state index contributed by atoms with van der Waals surface area (Å²) in [5.41, 5.74) is 0. The molecule has 66 valence electrons. The Kier molecular flexibility index (Phi) is 3.34. The van der Waals surface area contributed by atoms with E-state index in [9.17, 15) is 0 Å². The molecule has 1 rings (SSSR count). The highest BCUT2D eigenvalue weighted by Gasteiger charge is 2.19. The van der Waals surface area contributed by atoms with Crippen molar-refractivity contribution in [1.82, 2.24) is 4.90 Å². The van der Waals surface area contributed by atoms with Crippen molar-refractivity contribution >= 4 is 0 Å². The predicted molar refractivity (Wildman–Crippen MR) is 46.5 cm³/mol. The largest absolute Gasteiger partial charge is 0.392 e. The highest BCUT2D eigenvalue weighted by Crippen LogP contribution is 2.26. The summed E-state index contributed by atoms with van der Waals surface area (Å²) in [7, 11) is 2.09. The maximum atomic E-state index is 9.08. The van der Waals surface area contributed by atoms with Crippen molar-refractivity contribution in [1.29, 1.82) is 0 Å². The lowest BCUT2D eigenvalue weighted by Gasteiger charge is -2.30. The molecule has 0 aromatic rings. The second-order valence-electron chi connectivity index (χ2n) is 3.87. The molecule has 1 aliphatic rings. The first-order chi connectivity index (χ1) is 5.18. The Hall–Kier alpha value is -0.0800. The van der Waals surface area contributed by atoms with Gasteiger partial charge in [-0.25, -0.2) is 0 Å². The molecule has 1 unspecified atom stereocenters. The van der Waals surface area contributed by atoms with Crippen molar-refractivity contribution in [2.45, 2.75) is 32.3 Å². The van der Waals surface area contributed by atoms with Crippen LogP contribution in [-0.4, -0.2) is 36.2 Å². The van der Waals surface area contributed by atoms with Crippen LogP contribution in [0.2, 0.25) is 0 Å². The van der Waals surface area contributed by atoms with Gasteiger partial charge in [-0.15, -0.1) is 0 Å². The Morgan fingerprint density at radius 3 is 2.55 bits per heavy atom. The van der Waals surface area contributed by atoms with Gasteiger partial charge in [-0.05, 0) is 32.7 Å². The van der Waals surface area contributed by atoms with E-state index in [1.54, 1.807) is 0 Å². The maximum absolute atomic E-state index is 9.08. The average molecular weight is 157 g/mol. The fraction of sp³-hybridized carbons (Fsp3) is 1.00. The third-order valence-electron chi connectivity index (χ3n) is 2.37. The van der Waals surface area contributed by atoms with Crippen LogP contribution in [0.3, 0.4) is 0 Å². The molecular weight excluding hydrogens is 138 g/mol. The van der Waals surface area contributed by atoms with Crippen molar-refractivity contribution in [2.24, 2.45) is 5.92 Å². The van der Waals surface area contributed by atoms with Crippen molar-refractivity contribution in [2.75, 3.05) is 20.1 Å². The van der Waals surface area contributed by atoms with E-state index >= 15 is 0 Å². The van der Waals surface area contributed by atoms with Crippen LogP contribution in [0.5, 0.6) is 0 Å². The molecule has 0 spiro atoms. The van der Waals surface area contributed by atoms with Gasteiger partial charge >= 0.3 is 0 Å². The highest BCUT2D eigenvalue weighted by atomic mass is 16.3. The van der Waals surface area contributed by atoms with E-state index in [0.29, 0.717) is 0 Å². The van der Waals surface area contributed by atoms with Crippen LogP contribution in [0.25, 0.3) is 0 Å². The Bertz CT molecular complexity index is 110. The molecular formula is C9H19NO. The van der Waals surface area contributed by atoms with E-state index < -0.39 is 0 Å². The molecule has 1 fully saturated rings. The summed E-state index contributed by atoms with van der Waals surface area (Å²) in [4.78, 5) is 2.23. The Morgan fingerprint density at radius 1 is 1.55 bits per heavy atom. The summed E-state index contributed by atoms with van der Waals surface area (Å²) in [5, 5.41) is 9.08. The zero-order valence-corrected chi connectivity index (χ0v) is 7.58. The van der Waals surface area contributed by atoms with Gasteiger partial charge in [0.25, 0.3) is 0 Å². The molecule has 1 saturated carbocycles. The molecule has 0 amide bonds. The van der Waals surface area contributed by atoms with Crippen LogP contribution < -0.4 is 0 Å². The lowest BCUT2D eigenvalue weighted by molar-refractivity contribution is 0.118. The monoisotopic (exact) mass is 157 g/mol. The molecule has 1 N–H and O–H groups in total. The lowest BCUT2D eigenvalue weighted by Crippen LogP contribution is -2.34. The molecule has 0 aliphatic heterocycles. The van der Waals surface area contributed by atoms with Gasteiger partial charge in [0.2, 0.25) is 0 Å². The molecule has 2 nitrogen and oxygen atoms in total. The fourth-order valence-corrected chi connectivity index (χ4v) is 1.64. The third kappa shape index (κ3) is 3.21. The minimum absolute atomic E-state index is 0.180. The van der Waals surface area contributed by atoms with Crippen LogP contribution in [0.4, 0.5) is 0 Å². The predicted octanol–water partition coefficient (Wildman–Crippen LogP) is 1.10. The molecule has 2 heteroatoms. The van der Waals surface area contributed by atoms with Crippen molar-refractivity contribution in [3.05, 3.63) is 0 Å². The van der Waals surface area contributed by atoms with E-state index in [0.717, 1.165) is 12.5 Å². The van der Waals surface area contributed by atoms with Crippen LogP contribution in [0, 0.1) is 5.92 Å². The van der Waals surface area contributed by atoms with E-state index in [4.69, 9.17) is 5.11 Å². The van der Waals surface area contributed by atoms with Crippen LogP contribution in [-0.2, 0) is 0 Å². The Labute approximate surface area is 69.2 Å². The second kappa shape index (κ2) is 4.07. The summed E-state index contributed by atoms with van der Waals surface area (Å²) < 4.78 is 0. The van der Waals surface area contributed by atoms with E-state index in [1.165, 1.54) is 25.8 Å². The molecule has 0 heterocycles. The van der Waals surface area contributed by atoms with Gasteiger partial charge in [-0.3, -0.25) is 0 Å². The van der Waals surface area contributed by atoms with Gasteiger partial charge in [-0.1, -0.05) is 6.42 Å². The number of hydrogen-bond acceptors (Lipinski definition) is 2. The number of aliphatic hydroxyl groups excluding tert-OH is 1. The summed E-state index contributed by atoms with van der Waals surface area (Å²) in [6, 6.07) is 0. The molecule has 0 aromatic carbocycles. The second-order valence-corrected chi connectivity index (χ2v) is 3.87.